The molecule has 0 unspecified atom stereocenters. The van der Waals surface area contributed by atoms with E-state index in [1.807, 2.05) is 32.1 Å². The Morgan fingerprint density at radius 3 is 2.88 bits per heavy atom. The minimum atomic E-state index is -0.0774. The number of aryl methyl sites for hydroxylation is 1. The van der Waals surface area contributed by atoms with Crippen LogP contribution in [0.25, 0.3) is 0 Å². The van der Waals surface area contributed by atoms with Gasteiger partial charge in [0, 0.05) is 17.1 Å². The summed E-state index contributed by atoms with van der Waals surface area (Å²) >= 11 is 5.95. The molecule has 1 aromatic carbocycles. The fraction of sp³-hybridized carbons (Fsp3) is 0.308. The summed E-state index contributed by atoms with van der Waals surface area (Å²) in [5.74, 6) is -0.0774. The van der Waals surface area contributed by atoms with Gasteiger partial charge in [-0.05, 0) is 38.0 Å². The standard InChI is InChI=1S/C13H16ClNO/c1-3-4-5-8-15-13(16)11-7-6-10(2)12(14)9-11/h3-4,6-7,9H,5,8H2,1-2H3,(H,15,16)/b4-3+. The van der Waals surface area contributed by atoms with Gasteiger partial charge in [0.15, 0.2) is 0 Å². The van der Waals surface area contributed by atoms with Crippen molar-refractivity contribution in [1.29, 1.82) is 0 Å². The predicted molar refractivity (Wildman–Crippen MR) is 68.0 cm³/mol. The number of hydrogen-bond acceptors (Lipinski definition) is 1. The number of benzene rings is 1. The molecule has 0 aliphatic heterocycles. The molecule has 1 rings (SSSR count). The third-order valence-electron chi connectivity index (χ3n) is 2.27. The number of amides is 1. The number of carbonyl (C=O) groups is 1. The monoisotopic (exact) mass is 237 g/mol. The molecule has 0 saturated heterocycles. The lowest BCUT2D eigenvalue weighted by Gasteiger charge is -2.05. The molecule has 0 radical (unpaired) electrons. The maximum Gasteiger partial charge on any atom is 0.251 e. The van der Waals surface area contributed by atoms with E-state index in [-0.39, 0.29) is 5.91 Å². The highest BCUT2D eigenvalue weighted by molar-refractivity contribution is 6.31. The minimum Gasteiger partial charge on any atom is -0.352 e. The second-order valence-electron chi connectivity index (χ2n) is 3.58. The van der Waals surface area contributed by atoms with Gasteiger partial charge < -0.3 is 5.32 Å². The van der Waals surface area contributed by atoms with Crippen molar-refractivity contribution in [3.8, 4) is 0 Å². The second-order valence-corrected chi connectivity index (χ2v) is 3.98. The first-order valence-corrected chi connectivity index (χ1v) is 5.68. The van der Waals surface area contributed by atoms with Gasteiger partial charge in [-0.25, -0.2) is 0 Å². The molecule has 1 aromatic rings. The fourth-order valence-corrected chi connectivity index (χ4v) is 1.45. The lowest BCUT2D eigenvalue weighted by molar-refractivity contribution is 0.0954. The fourth-order valence-electron chi connectivity index (χ4n) is 1.27. The Hall–Kier alpha value is -1.28. The van der Waals surface area contributed by atoms with Crippen LogP contribution < -0.4 is 5.32 Å². The molecule has 16 heavy (non-hydrogen) atoms. The van der Waals surface area contributed by atoms with Crippen molar-refractivity contribution < 1.29 is 4.79 Å². The molecular weight excluding hydrogens is 222 g/mol. The van der Waals surface area contributed by atoms with Crippen LogP contribution in [0, 0.1) is 6.92 Å². The topological polar surface area (TPSA) is 29.1 Å². The molecule has 0 spiro atoms. The second kappa shape index (κ2) is 6.33. The molecule has 86 valence electrons. The number of halogens is 1. The molecule has 3 heteroatoms. The highest BCUT2D eigenvalue weighted by Gasteiger charge is 2.05. The average molecular weight is 238 g/mol. The molecule has 1 N–H and O–H groups in total. The third kappa shape index (κ3) is 3.70. The van der Waals surface area contributed by atoms with Crippen molar-refractivity contribution in [2.24, 2.45) is 0 Å². The van der Waals surface area contributed by atoms with Crippen molar-refractivity contribution in [2.75, 3.05) is 6.54 Å². The molecule has 0 fully saturated rings. The highest BCUT2D eigenvalue weighted by Crippen LogP contribution is 2.16. The molecule has 0 aromatic heterocycles. The number of allylic oxidation sites excluding steroid dienone is 1. The molecule has 0 aliphatic rings. The SMILES string of the molecule is C/C=C/CCNC(=O)c1ccc(C)c(Cl)c1. The molecule has 0 bridgehead atoms. The Labute approximate surface area is 101 Å². The van der Waals surface area contributed by atoms with Gasteiger partial charge in [-0.2, -0.15) is 0 Å². The van der Waals surface area contributed by atoms with E-state index >= 15 is 0 Å². The zero-order chi connectivity index (χ0) is 12.0. The van der Waals surface area contributed by atoms with Crippen LogP contribution in [0.15, 0.2) is 30.4 Å². The molecule has 0 heterocycles. The van der Waals surface area contributed by atoms with E-state index < -0.39 is 0 Å². The van der Waals surface area contributed by atoms with Gasteiger partial charge in [0.25, 0.3) is 5.91 Å². The van der Waals surface area contributed by atoms with Crippen molar-refractivity contribution in [1.82, 2.24) is 5.32 Å². The number of hydrogen-bond donors (Lipinski definition) is 1. The van der Waals surface area contributed by atoms with Gasteiger partial charge in [0.1, 0.15) is 0 Å². The first-order chi connectivity index (χ1) is 7.65. The summed E-state index contributed by atoms with van der Waals surface area (Å²) in [5, 5.41) is 3.46. The summed E-state index contributed by atoms with van der Waals surface area (Å²) in [6.07, 6.45) is 4.83. The van der Waals surface area contributed by atoms with Crippen LogP contribution in [0.4, 0.5) is 0 Å². The van der Waals surface area contributed by atoms with E-state index in [9.17, 15) is 4.79 Å². The number of nitrogens with one attached hydrogen (secondary N) is 1. The van der Waals surface area contributed by atoms with Gasteiger partial charge in [-0.15, -0.1) is 0 Å². The van der Waals surface area contributed by atoms with E-state index in [1.165, 1.54) is 0 Å². The molecule has 2 nitrogen and oxygen atoms in total. The van der Waals surface area contributed by atoms with Crippen LogP contribution in [0.5, 0.6) is 0 Å². The Morgan fingerprint density at radius 1 is 1.50 bits per heavy atom. The van der Waals surface area contributed by atoms with E-state index in [0.29, 0.717) is 17.1 Å². The maximum absolute atomic E-state index is 11.7. The Morgan fingerprint density at radius 2 is 2.25 bits per heavy atom. The lowest BCUT2D eigenvalue weighted by Crippen LogP contribution is -2.24. The lowest BCUT2D eigenvalue weighted by atomic mass is 10.1. The van der Waals surface area contributed by atoms with E-state index in [1.54, 1.807) is 12.1 Å². The summed E-state index contributed by atoms with van der Waals surface area (Å²) < 4.78 is 0. The van der Waals surface area contributed by atoms with E-state index in [2.05, 4.69) is 5.32 Å². The van der Waals surface area contributed by atoms with Gasteiger partial charge in [0.05, 0.1) is 0 Å². The van der Waals surface area contributed by atoms with Crippen LogP contribution in [-0.2, 0) is 0 Å². The highest BCUT2D eigenvalue weighted by atomic mass is 35.5. The van der Waals surface area contributed by atoms with Crippen LogP contribution in [0.2, 0.25) is 5.02 Å². The summed E-state index contributed by atoms with van der Waals surface area (Å²) in [7, 11) is 0. The van der Waals surface area contributed by atoms with Crippen molar-refractivity contribution >= 4 is 17.5 Å². The Kier molecular flexibility index (Phi) is 5.06. The quantitative estimate of drug-likeness (QED) is 0.632. The first-order valence-electron chi connectivity index (χ1n) is 5.30. The van der Waals surface area contributed by atoms with Gasteiger partial charge >= 0.3 is 0 Å². The van der Waals surface area contributed by atoms with Crippen molar-refractivity contribution in [2.45, 2.75) is 20.3 Å². The summed E-state index contributed by atoms with van der Waals surface area (Å²) in [5.41, 5.74) is 1.59. The zero-order valence-corrected chi connectivity index (χ0v) is 10.3. The van der Waals surface area contributed by atoms with Crippen LogP contribution in [-0.4, -0.2) is 12.5 Å². The molecule has 1 amide bonds. The van der Waals surface area contributed by atoms with Gasteiger partial charge in [-0.1, -0.05) is 29.8 Å². The largest absolute Gasteiger partial charge is 0.352 e. The predicted octanol–water partition coefficient (Wildman–Crippen LogP) is 3.34. The Balaban J connectivity index is 2.56. The van der Waals surface area contributed by atoms with Crippen molar-refractivity contribution in [3.05, 3.63) is 46.5 Å². The summed E-state index contributed by atoms with van der Waals surface area (Å²) in [6.45, 7) is 4.52. The number of rotatable bonds is 4. The molecule has 0 atom stereocenters. The minimum absolute atomic E-state index is 0.0774. The summed E-state index contributed by atoms with van der Waals surface area (Å²) in [6, 6.07) is 5.33. The van der Waals surface area contributed by atoms with Crippen LogP contribution in [0.3, 0.4) is 0 Å². The van der Waals surface area contributed by atoms with Crippen LogP contribution in [0.1, 0.15) is 29.3 Å². The molecule has 0 aliphatic carbocycles. The Bertz CT molecular complexity index is 399. The third-order valence-corrected chi connectivity index (χ3v) is 2.67. The first kappa shape index (κ1) is 12.8. The number of carbonyl (C=O) groups excluding carboxylic acids is 1. The zero-order valence-electron chi connectivity index (χ0n) is 9.59. The summed E-state index contributed by atoms with van der Waals surface area (Å²) in [4.78, 5) is 11.7. The smallest absolute Gasteiger partial charge is 0.251 e. The van der Waals surface area contributed by atoms with Gasteiger partial charge in [-0.3, -0.25) is 4.79 Å². The van der Waals surface area contributed by atoms with E-state index in [4.69, 9.17) is 11.6 Å². The maximum atomic E-state index is 11.7. The van der Waals surface area contributed by atoms with Gasteiger partial charge in [0.2, 0.25) is 0 Å². The molecule has 0 saturated carbocycles. The normalized spacial score (nSPS) is 10.7. The van der Waals surface area contributed by atoms with Crippen LogP contribution >= 0.6 is 11.6 Å². The van der Waals surface area contributed by atoms with E-state index in [0.717, 1.165) is 12.0 Å². The molecular formula is C13H16ClNO. The van der Waals surface area contributed by atoms with Crippen molar-refractivity contribution in [3.63, 3.8) is 0 Å². The average Bonchev–Trinajstić information content (AvgIpc) is 2.28.